The van der Waals surface area contributed by atoms with Crippen LogP contribution in [0.1, 0.15) is 12.8 Å². The average molecular weight is 223 g/mol. The predicted molar refractivity (Wildman–Crippen MR) is 37.9 cm³/mol. The first-order chi connectivity index (χ1) is 5.29. The van der Waals surface area contributed by atoms with E-state index in [-0.39, 0.29) is 0 Å². The van der Waals surface area contributed by atoms with E-state index in [1.54, 1.807) is 0 Å². The monoisotopic (exact) mass is 222 g/mol. The van der Waals surface area contributed by atoms with Crippen LogP contribution in [0.4, 0.5) is 17.6 Å². The first-order valence-corrected chi connectivity index (χ1v) is 3.85. The second kappa shape index (κ2) is 2.77. The molecule has 1 atom stereocenters. The zero-order valence-electron chi connectivity index (χ0n) is 5.68. The molecule has 0 N–H and O–H groups in total. The second-order valence-electron chi connectivity index (χ2n) is 2.50. The van der Waals surface area contributed by atoms with Crippen LogP contribution in [0.2, 0.25) is 0 Å². The molecule has 1 aliphatic rings. The highest BCUT2D eigenvalue weighted by molar-refractivity contribution is 6.39. The molecule has 0 spiro atoms. The zero-order chi connectivity index (χ0) is 9.57. The molecule has 6 heteroatoms. The van der Waals surface area contributed by atoms with Crippen molar-refractivity contribution in [2.24, 2.45) is 0 Å². The van der Waals surface area contributed by atoms with Crippen molar-refractivity contribution in [1.29, 1.82) is 0 Å². The van der Waals surface area contributed by atoms with Gasteiger partial charge in [-0.2, -0.15) is 0 Å². The lowest BCUT2D eigenvalue weighted by molar-refractivity contribution is -0.0891. The van der Waals surface area contributed by atoms with Crippen LogP contribution in [0.5, 0.6) is 0 Å². The van der Waals surface area contributed by atoms with E-state index in [0.29, 0.717) is 0 Å². The summed E-state index contributed by atoms with van der Waals surface area (Å²) in [5, 5.41) is -4.82. The predicted octanol–water partition coefficient (Wildman–Crippen LogP) is 3.74. The van der Waals surface area contributed by atoms with Crippen molar-refractivity contribution in [3.63, 3.8) is 0 Å². The van der Waals surface area contributed by atoms with E-state index >= 15 is 0 Å². The maximum Gasteiger partial charge on any atom is 0.301 e. The molecule has 0 saturated carbocycles. The molecule has 1 aliphatic carbocycles. The Labute approximate surface area is 76.1 Å². The van der Waals surface area contributed by atoms with Crippen molar-refractivity contribution in [1.82, 2.24) is 0 Å². The van der Waals surface area contributed by atoms with Crippen LogP contribution in [-0.2, 0) is 0 Å². The molecular weight excluding hydrogens is 219 g/mol. The van der Waals surface area contributed by atoms with Gasteiger partial charge in [-0.15, -0.1) is 0 Å². The Morgan fingerprint density at radius 1 is 1.25 bits per heavy atom. The van der Waals surface area contributed by atoms with E-state index in [1.165, 1.54) is 0 Å². The maximum absolute atomic E-state index is 12.9. The van der Waals surface area contributed by atoms with Gasteiger partial charge < -0.3 is 0 Å². The average Bonchev–Trinajstić information content (AvgIpc) is 1.96. The third kappa shape index (κ3) is 1.31. The summed E-state index contributed by atoms with van der Waals surface area (Å²) in [6.07, 6.45) is -1.54. The van der Waals surface area contributed by atoms with Gasteiger partial charge in [0.15, 0.2) is 0 Å². The summed E-state index contributed by atoms with van der Waals surface area (Å²) in [7, 11) is 0. The lowest BCUT2D eigenvalue weighted by Crippen LogP contribution is -2.42. The Kier molecular flexibility index (Phi) is 2.34. The molecular formula is C6H4Cl2F4. The first kappa shape index (κ1) is 10.1. The van der Waals surface area contributed by atoms with Crippen LogP contribution < -0.4 is 0 Å². The Morgan fingerprint density at radius 3 is 2.17 bits per heavy atom. The van der Waals surface area contributed by atoms with Gasteiger partial charge in [0.2, 0.25) is 0 Å². The van der Waals surface area contributed by atoms with Gasteiger partial charge in [-0.25, -0.2) is 17.6 Å². The molecule has 0 aromatic heterocycles. The van der Waals surface area contributed by atoms with Crippen molar-refractivity contribution in [3.05, 3.63) is 10.9 Å². The molecule has 0 nitrogen and oxygen atoms in total. The van der Waals surface area contributed by atoms with Crippen LogP contribution >= 0.6 is 23.2 Å². The molecule has 0 aromatic carbocycles. The SMILES string of the molecule is FC1=C(Cl)C(F)(Cl)C(F)(F)CC1. The van der Waals surface area contributed by atoms with Crippen molar-refractivity contribution < 1.29 is 17.6 Å². The highest BCUT2D eigenvalue weighted by Crippen LogP contribution is 2.51. The normalized spacial score (nSPS) is 35.5. The van der Waals surface area contributed by atoms with Gasteiger partial charge in [-0.1, -0.05) is 23.2 Å². The van der Waals surface area contributed by atoms with E-state index < -0.39 is 34.8 Å². The Balaban J connectivity index is 3.12. The lowest BCUT2D eigenvalue weighted by Gasteiger charge is -2.31. The molecule has 0 saturated heterocycles. The number of rotatable bonds is 0. The second-order valence-corrected chi connectivity index (χ2v) is 3.40. The van der Waals surface area contributed by atoms with Crippen LogP contribution in [0, 0.1) is 0 Å². The summed E-state index contributed by atoms with van der Waals surface area (Å²) in [5.41, 5.74) is 0. The molecule has 0 bridgehead atoms. The smallest absolute Gasteiger partial charge is 0.213 e. The van der Waals surface area contributed by atoms with Crippen LogP contribution in [0.25, 0.3) is 0 Å². The highest BCUT2D eigenvalue weighted by Gasteiger charge is 2.59. The minimum absolute atomic E-state index is 0.579. The summed E-state index contributed by atoms with van der Waals surface area (Å²) in [5.74, 6) is -4.92. The van der Waals surface area contributed by atoms with Crippen molar-refractivity contribution >= 4 is 23.2 Å². The Morgan fingerprint density at radius 2 is 1.75 bits per heavy atom. The van der Waals surface area contributed by atoms with Gasteiger partial charge in [0.1, 0.15) is 10.9 Å². The van der Waals surface area contributed by atoms with Gasteiger partial charge >= 0.3 is 5.92 Å². The highest BCUT2D eigenvalue weighted by atomic mass is 35.5. The van der Waals surface area contributed by atoms with E-state index in [9.17, 15) is 17.6 Å². The lowest BCUT2D eigenvalue weighted by atomic mass is 10.00. The summed E-state index contributed by atoms with van der Waals surface area (Å²) in [6.45, 7) is 0. The molecule has 12 heavy (non-hydrogen) atoms. The molecule has 0 radical (unpaired) electrons. The summed E-state index contributed by atoms with van der Waals surface area (Å²) in [4.78, 5) is 0. The van der Waals surface area contributed by atoms with Crippen LogP contribution in [-0.4, -0.2) is 11.1 Å². The number of hydrogen-bond donors (Lipinski definition) is 0. The Hall–Kier alpha value is 0.0400. The number of alkyl halides is 4. The zero-order valence-corrected chi connectivity index (χ0v) is 7.19. The first-order valence-electron chi connectivity index (χ1n) is 3.09. The van der Waals surface area contributed by atoms with E-state index in [2.05, 4.69) is 0 Å². The van der Waals surface area contributed by atoms with Crippen molar-refractivity contribution in [2.75, 3.05) is 0 Å². The summed E-state index contributed by atoms with van der Waals surface area (Å²) in [6, 6.07) is 0. The van der Waals surface area contributed by atoms with Crippen molar-refractivity contribution in [3.8, 4) is 0 Å². The van der Waals surface area contributed by atoms with Gasteiger partial charge in [-0.3, -0.25) is 0 Å². The van der Waals surface area contributed by atoms with Gasteiger partial charge in [0, 0.05) is 12.8 Å². The van der Waals surface area contributed by atoms with E-state index in [4.69, 9.17) is 23.2 Å². The van der Waals surface area contributed by atoms with Gasteiger partial charge in [-0.05, 0) is 0 Å². The Bertz CT molecular complexity index is 234. The van der Waals surface area contributed by atoms with E-state index in [1.807, 2.05) is 0 Å². The van der Waals surface area contributed by atoms with Gasteiger partial charge in [0.25, 0.3) is 5.13 Å². The number of halogens is 6. The largest absolute Gasteiger partial charge is 0.301 e. The topological polar surface area (TPSA) is 0 Å². The number of allylic oxidation sites excluding steroid dienone is 2. The maximum atomic E-state index is 12.9. The third-order valence-electron chi connectivity index (χ3n) is 1.63. The molecule has 0 amide bonds. The fourth-order valence-electron chi connectivity index (χ4n) is 0.864. The van der Waals surface area contributed by atoms with Crippen LogP contribution in [0.15, 0.2) is 10.9 Å². The van der Waals surface area contributed by atoms with E-state index in [0.717, 1.165) is 0 Å². The van der Waals surface area contributed by atoms with Gasteiger partial charge in [0.05, 0.1) is 0 Å². The molecule has 0 fully saturated rings. The fourth-order valence-corrected chi connectivity index (χ4v) is 1.29. The third-order valence-corrected chi connectivity index (χ3v) is 2.66. The fraction of sp³-hybridized carbons (Fsp3) is 0.667. The molecule has 0 aliphatic heterocycles. The quantitative estimate of drug-likeness (QED) is 0.433. The van der Waals surface area contributed by atoms with Crippen LogP contribution in [0.3, 0.4) is 0 Å². The van der Waals surface area contributed by atoms with Crippen molar-refractivity contribution in [2.45, 2.75) is 23.9 Å². The molecule has 1 unspecified atom stereocenters. The molecule has 0 heterocycles. The molecule has 0 aromatic rings. The minimum atomic E-state index is -3.80. The molecule has 70 valence electrons. The summed E-state index contributed by atoms with van der Waals surface area (Å²) < 4.78 is 50.6. The number of hydrogen-bond acceptors (Lipinski definition) is 0. The summed E-state index contributed by atoms with van der Waals surface area (Å²) >= 11 is 9.72. The minimum Gasteiger partial charge on any atom is -0.213 e. The standard InChI is InChI=1S/C6H4Cl2F4/c7-4-3(9)1-2-5(10,11)6(4,8)12/h1-2H2. The molecule has 1 rings (SSSR count).